The van der Waals surface area contributed by atoms with Gasteiger partial charge in [0.15, 0.2) is 0 Å². The van der Waals surface area contributed by atoms with Gasteiger partial charge in [0.1, 0.15) is 11.5 Å². The number of hydrogen-bond acceptors (Lipinski definition) is 3. The predicted octanol–water partition coefficient (Wildman–Crippen LogP) is 4.43. The fourth-order valence-electron chi connectivity index (χ4n) is 3.10. The Morgan fingerprint density at radius 3 is 2.26 bits per heavy atom. The molecule has 1 unspecified atom stereocenters. The summed E-state index contributed by atoms with van der Waals surface area (Å²) in [5, 5.41) is 2.96. The Kier molecular flexibility index (Phi) is 5.81. The summed E-state index contributed by atoms with van der Waals surface area (Å²) in [6, 6.07) is 17.4. The van der Waals surface area contributed by atoms with E-state index in [1.54, 1.807) is 32.4 Å². The van der Waals surface area contributed by atoms with E-state index in [9.17, 15) is 4.79 Å². The largest absolute Gasteiger partial charge is 0.497 e. The van der Waals surface area contributed by atoms with Crippen molar-refractivity contribution in [2.45, 2.75) is 19.4 Å². The van der Waals surface area contributed by atoms with E-state index in [4.69, 9.17) is 9.47 Å². The van der Waals surface area contributed by atoms with Gasteiger partial charge in [-0.2, -0.15) is 0 Å². The number of methoxy groups -OCH3 is 2. The van der Waals surface area contributed by atoms with Crippen LogP contribution in [0.5, 0.6) is 11.5 Å². The lowest BCUT2D eigenvalue weighted by Crippen LogP contribution is -2.19. The highest BCUT2D eigenvalue weighted by Gasteiger charge is 2.18. The van der Waals surface area contributed by atoms with Gasteiger partial charge in [-0.15, -0.1) is 0 Å². The Bertz CT molecular complexity index is 881. The molecule has 5 nitrogen and oxygen atoms in total. The van der Waals surface area contributed by atoms with Crippen LogP contribution >= 0.6 is 0 Å². The Morgan fingerprint density at radius 2 is 1.67 bits per heavy atom. The van der Waals surface area contributed by atoms with Gasteiger partial charge in [-0.3, -0.25) is 4.79 Å². The second-order valence-corrected chi connectivity index (χ2v) is 6.41. The number of anilines is 1. The maximum atomic E-state index is 12.8. The fraction of sp³-hybridized carbons (Fsp3) is 0.227. The molecule has 27 heavy (non-hydrogen) atoms. The molecule has 0 spiro atoms. The molecule has 0 aliphatic rings. The number of nitrogens with one attached hydrogen (secondary N) is 1. The zero-order chi connectivity index (χ0) is 19.2. The van der Waals surface area contributed by atoms with E-state index in [0.717, 1.165) is 5.56 Å². The number of nitrogens with zero attached hydrogens (tertiary/aromatic N) is 1. The highest BCUT2D eigenvalue weighted by atomic mass is 16.5. The summed E-state index contributed by atoms with van der Waals surface area (Å²) in [7, 11) is 3.17. The molecule has 3 rings (SSSR count). The second kappa shape index (κ2) is 8.45. The average molecular weight is 364 g/mol. The first kappa shape index (κ1) is 18.6. The summed E-state index contributed by atoms with van der Waals surface area (Å²) in [6.07, 6.45) is 4.28. The predicted molar refractivity (Wildman–Crippen MR) is 107 cm³/mol. The summed E-state index contributed by atoms with van der Waals surface area (Å²) in [5.41, 5.74) is 2.92. The Morgan fingerprint density at radius 1 is 1.00 bits per heavy atom. The molecule has 1 amide bonds. The van der Waals surface area contributed by atoms with Crippen molar-refractivity contribution < 1.29 is 14.3 Å². The van der Waals surface area contributed by atoms with Crippen molar-refractivity contribution in [1.29, 1.82) is 0 Å². The Balaban J connectivity index is 1.81. The first-order valence-electron chi connectivity index (χ1n) is 8.81. The molecule has 0 fully saturated rings. The minimum atomic E-state index is -0.0782. The SMILES string of the molecule is COc1cc(NC(=O)CC(c2cccc(C)c2)n2cccc2)cc(OC)c1. The van der Waals surface area contributed by atoms with Crippen LogP contribution in [0.1, 0.15) is 23.6 Å². The molecular weight excluding hydrogens is 340 g/mol. The number of rotatable bonds is 7. The number of aromatic nitrogens is 1. The van der Waals surface area contributed by atoms with E-state index in [1.807, 2.05) is 30.6 Å². The number of aryl methyl sites for hydroxylation is 1. The third-order valence-corrected chi connectivity index (χ3v) is 4.43. The molecular formula is C22H24N2O3. The van der Waals surface area contributed by atoms with Crippen molar-refractivity contribution in [3.8, 4) is 11.5 Å². The molecule has 5 heteroatoms. The third-order valence-electron chi connectivity index (χ3n) is 4.43. The summed E-state index contributed by atoms with van der Waals surface area (Å²) >= 11 is 0. The molecule has 2 aromatic carbocycles. The van der Waals surface area contributed by atoms with Gasteiger partial charge < -0.3 is 19.4 Å². The van der Waals surface area contributed by atoms with Crippen LogP contribution in [-0.2, 0) is 4.79 Å². The zero-order valence-corrected chi connectivity index (χ0v) is 15.8. The van der Waals surface area contributed by atoms with Crippen LogP contribution < -0.4 is 14.8 Å². The molecule has 0 saturated heterocycles. The number of carbonyl (C=O) groups is 1. The molecule has 1 aromatic heterocycles. The van der Waals surface area contributed by atoms with Gasteiger partial charge in [0.2, 0.25) is 5.91 Å². The van der Waals surface area contributed by atoms with Crippen LogP contribution in [0.2, 0.25) is 0 Å². The monoisotopic (exact) mass is 364 g/mol. The lowest BCUT2D eigenvalue weighted by atomic mass is 10.0. The second-order valence-electron chi connectivity index (χ2n) is 6.41. The summed E-state index contributed by atoms with van der Waals surface area (Å²) in [5.74, 6) is 1.18. The quantitative estimate of drug-likeness (QED) is 0.675. The van der Waals surface area contributed by atoms with E-state index >= 15 is 0 Å². The van der Waals surface area contributed by atoms with Crippen LogP contribution in [0.15, 0.2) is 67.0 Å². The highest BCUT2D eigenvalue weighted by molar-refractivity contribution is 5.91. The van der Waals surface area contributed by atoms with Crippen molar-refractivity contribution in [2.24, 2.45) is 0 Å². The van der Waals surface area contributed by atoms with Crippen molar-refractivity contribution in [3.63, 3.8) is 0 Å². The molecule has 1 N–H and O–H groups in total. The van der Waals surface area contributed by atoms with Gasteiger partial charge in [-0.05, 0) is 24.6 Å². The fourth-order valence-corrected chi connectivity index (χ4v) is 3.10. The number of ether oxygens (including phenoxy) is 2. The number of benzene rings is 2. The molecule has 0 saturated carbocycles. The summed E-state index contributed by atoms with van der Waals surface area (Å²) in [4.78, 5) is 12.8. The minimum Gasteiger partial charge on any atom is -0.497 e. The summed E-state index contributed by atoms with van der Waals surface area (Å²) in [6.45, 7) is 2.05. The minimum absolute atomic E-state index is 0.0765. The third kappa shape index (κ3) is 4.70. The van der Waals surface area contributed by atoms with Gasteiger partial charge in [0, 0.05) is 36.3 Å². The van der Waals surface area contributed by atoms with Crippen LogP contribution in [-0.4, -0.2) is 24.7 Å². The normalized spacial score (nSPS) is 11.7. The summed E-state index contributed by atoms with van der Waals surface area (Å²) < 4.78 is 12.6. The maximum Gasteiger partial charge on any atom is 0.226 e. The smallest absolute Gasteiger partial charge is 0.226 e. The number of carbonyl (C=O) groups excluding carboxylic acids is 1. The topological polar surface area (TPSA) is 52.5 Å². The maximum absolute atomic E-state index is 12.8. The van der Waals surface area contributed by atoms with Crippen molar-refractivity contribution in [2.75, 3.05) is 19.5 Å². The van der Waals surface area contributed by atoms with Crippen LogP contribution in [0.25, 0.3) is 0 Å². The molecule has 3 aromatic rings. The Hall–Kier alpha value is -3.21. The van der Waals surface area contributed by atoms with Crippen LogP contribution in [0.3, 0.4) is 0 Å². The van der Waals surface area contributed by atoms with E-state index < -0.39 is 0 Å². The van der Waals surface area contributed by atoms with E-state index in [0.29, 0.717) is 23.6 Å². The van der Waals surface area contributed by atoms with Crippen molar-refractivity contribution >= 4 is 11.6 Å². The molecule has 0 aliphatic carbocycles. The van der Waals surface area contributed by atoms with E-state index in [-0.39, 0.29) is 11.9 Å². The molecule has 0 radical (unpaired) electrons. The standard InChI is InChI=1S/C22H24N2O3/c1-16-7-6-8-17(11-16)21(24-9-4-5-10-24)15-22(25)23-18-12-19(26-2)14-20(13-18)27-3/h4-14,21H,15H2,1-3H3,(H,23,25). The molecule has 1 heterocycles. The van der Waals surface area contributed by atoms with Gasteiger partial charge in [-0.25, -0.2) is 0 Å². The van der Waals surface area contributed by atoms with Gasteiger partial charge in [0.25, 0.3) is 0 Å². The first-order valence-corrected chi connectivity index (χ1v) is 8.81. The number of hydrogen-bond donors (Lipinski definition) is 1. The zero-order valence-electron chi connectivity index (χ0n) is 15.8. The van der Waals surface area contributed by atoms with Crippen LogP contribution in [0, 0.1) is 6.92 Å². The molecule has 1 atom stereocenters. The first-order chi connectivity index (χ1) is 13.1. The van der Waals surface area contributed by atoms with E-state index in [1.165, 1.54) is 5.56 Å². The lowest BCUT2D eigenvalue weighted by molar-refractivity contribution is -0.116. The Labute approximate surface area is 159 Å². The lowest BCUT2D eigenvalue weighted by Gasteiger charge is -2.20. The number of amides is 1. The van der Waals surface area contributed by atoms with Gasteiger partial charge in [-0.1, -0.05) is 29.8 Å². The average Bonchev–Trinajstić information content (AvgIpc) is 3.20. The molecule has 0 aliphatic heterocycles. The van der Waals surface area contributed by atoms with E-state index in [2.05, 4.69) is 35.0 Å². The molecule has 140 valence electrons. The van der Waals surface area contributed by atoms with Crippen molar-refractivity contribution in [3.05, 3.63) is 78.1 Å². The highest BCUT2D eigenvalue weighted by Crippen LogP contribution is 2.27. The molecule has 0 bridgehead atoms. The van der Waals surface area contributed by atoms with Gasteiger partial charge >= 0.3 is 0 Å². The van der Waals surface area contributed by atoms with Crippen molar-refractivity contribution in [1.82, 2.24) is 4.57 Å². The van der Waals surface area contributed by atoms with Gasteiger partial charge in [0.05, 0.1) is 26.7 Å². The van der Waals surface area contributed by atoms with Crippen LogP contribution in [0.4, 0.5) is 5.69 Å².